The van der Waals surface area contributed by atoms with E-state index in [-0.39, 0.29) is 5.91 Å². The Morgan fingerprint density at radius 1 is 1.13 bits per heavy atom. The number of nitrogens with one attached hydrogen (secondary N) is 1. The van der Waals surface area contributed by atoms with Gasteiger partial charge in [-0.1, -0.05) is 30.3 Å². The van der Waals surface area contributed by atoms with Crippen LogP contribution < -0.4 is 5.32 Å². The SMILES string of the molecule is O=C(NCC1CCN(CCc2ccccc2)CC1)c1ccco1. The molecule has 0 aliphatic carbocycles. The molecule has 0 spiro atoms. The molecule has 0 unspecified atom stereocenters. The fraction of sp³-hybridized carbons (Fsp3) is 0.421. The number of piperidine rings is 1. The number of amides is 1. The largest absolute Gasteiger partial charge is 0.459 e. The second-order valence-corrected chi connectivity index (χ2v) is 6.21. The van der Waals surface area contributed by atoms with Crippen molar-refractivity contribution in [3.63, 3.8) is 0 Å². The van der Waals surface area contributed by atoms with Crippen LogP contribution in [0.5, 0.6) is 0 Å². The Hall–Kier alpha value is -2.07. The van der Waals surface area contributed by atoms with E-state index in [4.69, 9.17) is 4.42 Å². The molecule has 1 aliphatic rings. The van der Waals surface area contributed by atoms with Gasteiger partial charge in [-0.25, -0.2) is 0 Å². The van der Waals surface area contributed by atoms with Gasteiger partial charge in [0.05, 0.1) is 6.26 Å². The molecule has 1 aliphatic heterocycles. The molecule has 0 atom stereocenters. The first kappa shape index (κ1) is 15.8. The molecule has 0 saturated carbocycles. The highest BCUT2D eigenvalue weighted by Gasteiger charge is 2.20. The number of benzene rings is 1. The first-order valence-electron chi connectivity index (χ1n) is 8.39. The van der Waals surface area contributed by atoms with Crippen molar-refractivity contribution >= 4 is 5.91 Å². The number of furan rings is 1. The van der Waals surface area contributed by atoms with E-state index in [1.54, 1.807) is 12.1 Å². The molecule has 23 heavy (non-hydrogen) atoms. The van der Waals surface area contributed by atoms with E-state index in [1.165, 1.54) is 11.8 Å². The fourth-order valence-electron chi connectivity index (χ4n) is 3.08. The monoisotopic (exact) mass is 312 g/mol. The molecule has 2 aromatic rings. The Balaban J connectivity index is 1.34. The number of hydrogen-bond acceptors (Lipinski definition) is 3. The lowest BCUT2D eigenvalue weighted by atomic mass is 9.96. The number of rotatable bonds is 6. The summed E-state index contributed by atoms with van der Waals surface area (Å²) in [5.41, 5.74) is 1.40. The van der Waals surface area contributed by atoms with Crippen molar-refractivity contribution < 1.29 is 9.21 Å². The molecule has 1 fully saturated rings. The zero-order chi connectivity index (χ0) is 15.9. The van der Waals surface area contributed by atoms with Gasteiger partial charge in [-0.05, 0) is 56.0 Å². The van der Waals surface area contributed by atoms with Gasteiger partial charge in [-0.3, -0.25) is 4.79 Å². The van der Waals surface area contributed by atoms with Crippen molar-refractivity contribution in [3.8, 4) is 0 Å². The summed E-state index contributed by atoms with van der Waals surface area (Å²) in [6.07, 6.45) is 4.93. The molecule has 2 heterocycles. The molecular weight excluding hydrogens is 288 g/mol. The van der Waals surface area contributed by atoms with Crippen LogP contribution in [0.1, 0.15) is 29.0 Å². The van der Waals surface area contributed by atoms with Crippen molar-refractivity contribution in [1.29, 1.82) is 0 Å². The molecule has 0 radical (unpaired) electrons. The second kappa shape index (κ2) is 7.97. The summed E-state index contributed by atoms with van der Waals surface area (Å²) in [6.45, 7) is 4.10. The van der Waals surface area contributed by atoms with Crippen molar-refractivity contribution in [3.05, 3.63) is 60.1 Å². The number of likely N-dealkylation sites (tertiary alicyclic amines) is 1. The second-order valence-electron chi connectivity index (χ2n) is 6.21. The van der Waals surface area contributed by atoms with Gasteiger partial charge in [0.15, 0.2) is 5.76 Å². The molecule has 1 aromatic heterocycles. The summed E-state index contributed by atoms with van der Waals surface area (Å²) in [6, 6.07) is 14.1. The first-order chi connectivity index (χ1) is 11.3. The lowest BCUT2D eigenvalue weighted by Gasteiger charge is -2.32. The lowest BCUT2D eigenvalue weighted by Crippen LogP contribution is -2.39. The van der Waals surface area contributed by atoms with E-state index in [2.05, 4.69) is 40.5 Å². The predicted octanol–water partition coefficient (Wildman–Crippen LogP) is 2.96. The number of nitrogens with zero attached hydrogens (tertiary/aromatic N) is 1. The van der Waals surface area contributed by atoms with E-state index in [0.29, 0.717) is 11.7 Å². The Labute approximate surface area is 137 Å². The van der Waals surface area contributed by atoms with E-state index < -0.39 is 0 Å². The summed E-state index contributed by atoms with van der Waals surface area (Å²) in [7, 11) is 0. The van der Waals surface area contributed by atoms with E-state index in [1.807, 2.05) is 0 Å². The zero-order valence-electron chi connectivity index (χ0n) is 13.4. The zero-order valence-corrected chi connectivity index (χ0v) is 13.4. The smallest absolute Gasteiger partial charge is 0.286 e. The van der Waals surface area contributed by atoms with Gasteiger partial charge in [0.2, 0.25) is 0 Å². The van der Waals surface area contributed by atoms with Gasteiger partial charge in [-0.2, -0.15) is 0 Å². The van der Waals surface area contributed by atoms with Crippen LogP contribution in [0.25, 0.3) is 0 Å². The van der Waals surface area contributed by atoms with Crippen LogP contribution in [0.3, 0.4) is 0 Å². The molecule has 122 valence electrons. The average Bonchev–Trinajstić information content (AvgIpc) is 3.14. The van der Waals surface area contributed by atoms with Crippen LogP contribution >= 0.6 is 0 Å². The molecular formula is C19H24N2O2. The van der Waals surface area contributed by atoms with Crippen LogP contribution in [0, 0.1) is 5.92 Å². The van der Waals surface area contributed by atoms with E-state index in [9.17, 15) is 4.79 Å². The average molecular weight is 312 g/mol. The van der Waals surface area contributed by atoms with Gasteiger partial charge >= 0.3 is 0 Å². The molecule has 1 aromatic carbocycles. The third-order valence-electron chi connectivity index (χ3n) is 4.56. The first-order valence-corrected chi connectivity index (χ1v) is 8.39. The molecule has 4 nitrogen and oxygen atoms in total. The summed E-state index contributed by atoms with van der Waals surface area (Å²) < 4.78 is 5.11. The van der Waals surface area contributed by atoms with E-state index in [0.717, 1.165) is 45.4 Å². The maximum Gasteiger partial charge on any atom is 0.286 e. The molecule has 1 saturated heterocycles. The number of hydrogen-bond donors (Lipinski definition) is 1. The van der Waals surface area contributed by atoms with Gasteiger partial charge in [0, 0.05) is 13.1 Å². The Bertz CT molecular complexity index is 587. The molecule has 1 N–H and O–H groups in total. The van der Waals surface area contributed by atoms with Gasteiger partial charge in [0.1, 0.15) is 0 Å². The molecule has 1 amide bonds. The summed E-state index contributed by atoms with van der Waals surface area (Å²) >= 11 is 0. The van der Waals surface area contributed by atoms with Crippen LogP contribution in [-0.4, -0.2) is 37.0 Å². The van der Waals surface area contributed by atoms with Crippen molar-refractivity contribution in [1.82, 2.24) is 10.2 Å². The van der Waals surface area contributed by atoms with Crippen molar-refractivity contribution in [2.24, 2.45) is 5.92 Å². The molecule has 3 rings (SSSR count). The fourth-order valence-corrected chi connectivity index (χ4v) is 3.08. The molecule has 0 bridgehead atoms. The van der Waals surface area contributed by atoms with Crippen LogP contribution in [0.4, 0.5) is 0 Å². The minimum Gasteiger partial charge on any atom is -0.459 e. The Kier molecular flexibility index (Phi) is 5.48. The predicted molar refractivity (Wildman–Crippen MR) is 90.4 cm³/mol. The third kappa shape index (κ3) is 4.70. The van der Waals surface area contributed by atoms with Crippen LogP contribution in [-0.2, 0) is 6.42 Å². The quantitative estimate of drug-likeness (QED) is 0.892. The Morgan fingerprint density at radius 2 is 1.91 bits per heavy atom. The summed E-state index contributed by atoms with van der Waals surface area (Å²) in [5.74, 6) is 0.855. The van der Waals surface area contributed by atoms with E-state index >= 15 is 0 Å². The standard InChI is InChI=1S/C19H24N2O2/c22-19(18-7-4-14-23-18)20-15-17-9-12-21(13-10-17)11-8-16-5-2-1-3-6-16/h1-7,14,17H,8-13,15H2,(H,20,22). The number of carbonyl (C=O) groups excluding carboxylic acids is 1. The minimum atomic E-state index is -0.110. The normalized spacial score (nSPS) is 16.3. The van der Waals surface area contributed by atoms with Gasteiger partial charge < -0.3 is 14.6 Å². The van der Waals surface area contributed by atoms with Gasteiger partial charge in [0.25, 0.3) is 5.91 Å². The minimum absolute atomic E-state index is 0.110. The Morgan fingerprint density at radius 3 is 2.61 bits per heavy atom. The highest BCUT2D eigenvalue weighted by atomic mass is 16.3. The van der Waals surface area contributed by atoms with Crippen LogP contribution in [0.2, 0.25) is 0 Å². The van der Waals surface area contributed by atoms with Crippen molar-refractivity contribution in [2.45, 2.75) is 19.3 Å². The highest BCUT2D eigenvalue weighted by Crippen LogP contribution is 2.17. The van der Waals surface area contributed by atoms with Gasteiger partial charge in [-0.15, -0.1) is 0 Å². The highest BCUT2D eigenvalue weighted by molar-refractivity contribution is 5.91. The maximum atomic E-state index is 11.9. The topological polar surface area (TPSA) is 45.5 Å². The van der Waals surface area contributed by atoms with Crippen molar-refractivity contribution in [2.75, 3.05) is 26.2 Å². The molecule has 4 heteroatoms. The number of carbonyl (C=O) groups is 1. The maximum absolute atomic E-state index is 11.9. The summed E-state index contributed by atoms with van der Waals surface area (Å²) in [5, 5.41) is 2.98. The lowest BCUT2D eigenvalue weighted by molar-refractivity contribution is 0.0908. The van der Waals surface area contributed by atoms with Crippen LogP contribution in [0.15, 0.2) is 53.1 Å². The summed E-state index contributed by atoms with van der Waals surface area (Å²) in [4.78, 5) is 14.4. The third-order valence-corrected chi connectivity index (χ3v) is 4.56.